The van der Waals surface area contributed by atoms with E-state index < -0.39 is 10.0 Å². The van der Waals surface area contributed by atoms with Crippen LogP contribution in [0.25, 0.3) is 0 Å². The zero-order valence-corrected chi connectivity index (χ0v) is 14.7. The molecule has 19 heavy (non-hydrogen) atoms. The molecular formula is C12H16Br2N2O2S. The number of halogens is 2. The lowest BCUT2D eigenvalue weighted by Crippen LogP contribution is -2.27. The lowest BCUT2D eigenvalue weighted by molar-refractivity contribution is 0.537. The number of rotatable bonds is 4. The third-order valence-corrected chi connectivity index (χ3v) is 6.83. The van der Waals surface area contributed by atoms with Gasteiger partial charge in [0.15, 0.2) is 0 Å². The van der Waals surface area contributed by atoms with Crippen LogP contribution in [0.2, 0.25) is 0 Å². The van der Waals surface area contributed by atoms with Crippen molar-refractivity contribution in [2.24, 2.45) is 11.3 Å². The molecule has 1 atom stereocenters. The zero-order valence-electron chi connectivity index (χ0n) is 10.7. The Bertz CT molecular complexity index is 591. The first-order valence-corrected chi connectivity index (χ1v) is 8.94. The molecule has 0 radical (unpaired) electrons. The quantitative estimate of drug-likeness (QED) is 0.747. The van der Waals surface area contributed by atoms with Crippen LogP contribution in [0.3, 0.4) is 0 Å². The Morgan fingerprint density at radius 2 is 1.84 bits per heavy atom. The molecule has 1 aromatic rings. The van der Waals surface area contributed by atoms with Crippen molar-refractivity contribution in [3.8, 4) is 0 Å². The van der Waals surface area contributed by atoms with E-state index in [1.165, 1.54) is 0 Å². The summed E-state index contributed by atoms with van der Waals surface area (Å²) in [5.74, 6) is 0.411. The van der Waals surface area contributed by atoms with E-state index in [4.69, 9.17) is 5.73 Å². The van der Waals surface area contributed by atoms with E-state index in [0.29, 0.717) is 27.1 Å². The van der Waals surface area contributed by atoms with Crippen LogP contribution in [-0.4, -0.2) is 15.0 Å². The van der Waals surface area contributed by atoms with E-state index in [2.05, 4.69) is 50.4 Å². The average molecular weight is 412 g/mol. The SMILES string of the molecule is CC1(C)CC1CNS(=O)(=O)c1c(Br)cc(N)cc1Br. The van der Waals surface area contributed by atoms with E-state index in [9.17, 15) is 8.42 Å². The molecule has 0 saturated heterocycles. The summed E-state index contributed by atoms with van der Waals surface area (Å²) in [5.41, 5.74) is 6.41. The molecule has 0 amide bonds. The topological polar surface area (TPSA) is 72.2 Å². The number of nitrogens with two attached hydrogens (primary N) is 1. The highest BCUT2D eigenvalue weighted by atomic mass is 79.9. The summed E-state index contributed by atoms with van der Waals surface area (Å²) in [5, 5.41) is 0. The third kappa shape index (κ3) is 3.32. The van der Waals surface area contributed by atoms with Crippen LogP contribution in [0.15, 0.2) is 26.0 Å². The number of benzene rings is 1. The molecule has 3 N–H and O–H groups in total. The highest BCUT2D eigenvalue weighted by Gasteiger charge is 2.45. The standard InChI is InChI=1S/C12H16Br2N2O2S/c1-12(2)5-7(12)6-16-19(17,18)11-9(13)3-8(15)4-10(11)14/h3-4,7,16H,5-6,15H2,1-2H3. The monoisotopic (exact) mass is 410 g/mol. The lowest BCUT2D eigenvalue weighted by atomic mass is 10.1. The van der Waals surface area contributed by atoms with E-state index >= 15 is 0 Å². The summed E-state index contributed by atoms with van der Waals surface area (Å²) in [7, 11) is -3.54. The Morgan fingerprint density at radius 1 is 1.37 bits per heavy atom. The van der Waals surface area contributed by atoms with Crippen LogP contribution in [0.1, 0.15) is 20.3 Å². The summed E-state index contributed by atoms with van der Waals surface area (Å²) in [6, 6.07) is 3.17. The summed E-state index contributed by atoms with van der Waals surface area (Å²) in [6.45, 7) is 4.75. The van der Waals surface area contributed by atoms with Crippen LogP contribution in [-0.2, 0) is 10.0 Å². The molecule has 0 heterocycles. The van der Waals surface area contributed by atoms with Crippen molar-refractivity contribution in [2.45, 2.75) is 25.2 Å². The van der Waals surface area contributed by atoms with Gasteiger partial charge in [-0.05, 0) is 61.7 Å². The largest absolute Gasteiger partial charge is 0.399 e. The smallest absolute Gasteiger partial charge is 0.242 e. The summed E-state index contributed by atoms with van der Waals surface area (Å²) in [4.78, 5) is 0.195. The predicted octanol–water partition coefficient (Wildman–Crippen LogP) is 3.12. The van der Waals surface area contributed by atoms with Gasteiger partial charge in [-0.3, -0.25) is 0 Å². The second-order valence-electron chi connectivity index (χ2n) is 5.56. The number of sulfonamides is 1. The highest BCUT2D eigenvalue weighted by molar-refractivity contribution is 9.11. The van der Waals surface area contributed by atoms with Gasteiger partial charge in [-0.15, -0.1) is 0 Å². The normalized spacial score (nSPS) is 21.4. The van der Waals surface area contributed by atoms with Gasteiger partial charge in [0.2, 0.25) is 10.0 Å². The lowest BCUT2D eigenvalue weighted by Gasteiger charge is -2.11. The molecule has 1 fully saturated rings. The van der Waals surface area contributed by atoms with Crippen molar-refractivity contribution in [2.75, 3.05) is 12.3 Å². The van der Waals surface area contributed by atoms with Gasteiger partial charge in [0.05, 0.1) is 0 Å². The van der Waals surface area contributed by atoms with Crippen molar-refractivity contribution in [1.82, 2.24) is 4.72 Å². The fourth-order valence-electron chi connectivity index (χ4n) is 2.04. The number of nitrogen functional groups attached to an aromatic ring is 1. The highest BCUT2D eigenvalue weighted by Crippen LogP contribution is 2.51. The van der Waals surface area contributed by atoms with Gasteiger partial charge in [0, 0.05) is 21.2 Å². The molecule has 0 spiro atoms. The summed E-state index contributed by atoms with van der Waals surface area (Å²) in [6.07, 6.45) is 1.06. The van der Waals surface area contributed by atoms with Crippen molar-refractivity contribution in [3.63, 3.8) is 0 Å². The predicted molar refractivity (Wildman–Crippen MR) is 83.3 cm³/mol. The number of hydrogen-bond donors (Lipinski definition) is 2. The minimum absolute atomic E-state index is 0.195. The fourth-order valence-corrected chi connectivity index (χ4v) is 5.74. The molecule has 7 heteroatoms. The molecule has 106 valence electrons. The number of nitrogens with one attached hydrogen (secondary N) is 1. The second-order valence-corrected chi connectivity index (χ2v) is 8.97. The molecule has 1 aliphatic carbocycles. The van der Waals surface area contributed by atoms with Crippen LogP contribution in [0.4, 0.5) is 5.69 Å². The Balaban J connectivity index is 2.20. The first-order chi connectivity index (χ1) is 8.63. The summed E-state index contributed by atoms with van der Waals surface area (Å²) >= 11 is 6.50. The molecule has 4 nitrogen and oxygen atoms in total. The molecule has 1 saturated carbocycles. The Hall–Kier alpha value is -0.110. The zero-order chi connectivity index (χ0) is 14.4. The molecule has 0 bridgehead atoms. The summed E-state index contributed by atoms with van der Waals surface area (Å²) < 4.78 is 28.2. The molecule has 2 rings (SSSR count). The van der Waals surface area contributed by atoms with E-state index in [1.807, 2.05) is 0 Å². The average Bonchev–Trinajstić information content (AvgIpc) is 2.81. The molecular weight excluding hydrogens is 396 g/mol. The van der Waals surface area contributed by atoms with Crippen molar-refractivity contribution < 1.29 is 8.42 Å². The second kappa shape index (κ2) is 5.02. The number of anilines is 1. The Kier molecular flexibility index (Phi) is 4.04. The van der Waals surface area contributed by atoms with Crippen LogP contribution < -0.4 is 10.5 Å². The maximum absolute atomic E-state index is 12.3. The van der Waals surface area contributed by atoms with E-state index in [-0.39, 0.29) is 10.3 Å². The van der Waals surface area contributed by atoms with Crippen LogP contribution in [0, 0.1) is 11.3 Å². The van der Waals surface area contributed by atoms with Crippen molar-refractivity contribution >= 4 is 47.6 Å². The van der Waals surface area contributed by atoms with Crippen LogP contribution >= 0.6 is 31.9 Å². The van der Waals surface area contributed by atoms with Crippen LogP contribution in [0.5, 0.6) is 0 Å². The first-order valence-electron chi connectivity index (χ1n) is 5.88. The Morgan fingerprint density at radius 3 is 2.26 bits per heavy atom. The van der Waals surface area contributed by atoms with Gasteiger partial charge in [-0.2, -0.15) is 0 Å². The van der Waals surface area contributed by atoms with Crippen molar-refractivity contribution in [3.05, 3.63) is 21.1 Å². The van der Waals surface area contributed by atoms with Gasteiger partial charge >= 0.3 is 0 Å². The van der Waals surface area contributed by atoms with E-state index in [0.717, 1.165) is 6.42 Å². The minimum Gasteiger partial charge on any atom is -0.399 e. The molecule has 0 aliphatic heterocycles. The molecule has 0 aromatic heterocycles. The Labute approximate surface area is 130 Å². The van der Waals surface area contributed by atoms with Crippen molar-refractivity contribution in [1.29, 1.82) is 0 Å². The minimum atomic E-state index is -3.54. The van der Waals surface area contributed by atoms with Gasteiger partial charge in [0.1, 0.15) is 4.90 Å². The van der Waals surface area contributed by atoms with E-state index in [1.54, 1.807) is 12.1 Å². The molecule has 1 aliphatic rings. The van der Waals surface area contributed by atoms with Gasteiger partial charge < -0.3 is 5.73 Å². The maximum atomic E-state index is 12.3. The first kappa shape index (κ1) is 15.3. The molecule has 1 aromatic carbocycles. The third-order valence-electron chi connectivity index (χ3n) is 3.53. The van der Waals surface area contributed by atoms with Gasteiger partial charge in [-0.1, -0.05) is 13.8 Å². The molecule has 1 unspecified atom stereocenters. The number of hydrogen-bond acceptors (Lipinski definition) is 3. The van der Waals surface area contributed by atoms with Gasteiger partial charge in [-0.25, -0.2) is 13.1 Å². The maximum Gasteiger partial charge on any atom is 0.242 e. The fraction of sp³-hybridized carbons (Fsp3) is 0.500. The van der Waals surface area contributed by atoms with Gasteiger partial charge in [0.25, 0.3) is 0 Å².